The van der Waals surface area contributed by atoms with Crippen molar-refractivity contribution in [2.45, 2.75) is 19.3 Å². The van der Waals surface area contributed by atoms with Gasteiger partial charge in [0, 0.05) is 47.6 Å². The highest BCUT2D eigenvalue weighted by Crippen LogP contribution is 2.52. The van der Waals surface area contributed by atoms with Crippen molar-refractivity contribution in [3.8, 4) is 27.9 Å². The molecule has 0 unspecified atom stereocenters. The van der Waals surface area contributed by atoms with Crippen molar-refractivity contribution in [3.63, 3.8) is 0 Å². The third-order valence-corrected chi connectivity index (χ3v) is 10.6. The Kier molecular flexibility index (Phi) is 4.93. The van der Waals surface area contributed by atoms with E-state index < -0.39 is 0 Å². The van der Waals surface area contributed by atoms with Gasteiger partial charge in [-0.15, -0.1) is 11.3 Å². The molecule has 2 nitrogen and oxygen atoms in total. The van der Waals surface area contributed by atoms with Gasteiger partial charge in [0.25, 0.3) is 0 Å². The van der Waals surface area contributed by atoms with E-state index in [1.54, 1.807) is 0 Å². The van der Waals surface area contributed by atoms with Crippen molar-refractivity contribution in [3.05, 3.63) is 144 Å². The zero-order valence-corrected chi connectivity index (χ0v) is 24.7. The molecule has 0 radical (unpaired) electrons. The SMILES string of the molecule is [C-]#[N+]c1cccc(-n2c3ccccc3c3ccccc32)c1-c1ccc2sc3cc4c(cc3c2c1)-c1ccccc1C4(C)C. The highest BCUT2D eigenvalue weighted by Gasteiger charge is 2.35. The van der Waals surface area contributed by atoms with Crippen LogP contribution in [0, 0.1) is 6.57 Å². The molecule has 2 aromatic heterocycles. The Morgan fingerprint density at radius 3 is 2.07 bits per heavy atom. The minimum atomic E-state index is -0.0206. The summed E-state index contributed by atoms with van der Waals surface area (Å²) in [4.78, 5) is 4.04. The van der Waals surface area contributed by atoms with Gasteiger partial charge in [-0.1, -0.05) is 92.7 Å². The molecule has 0 atom stereocenters. The molecule has 8 aromatic rings. The Hall–Kier alpha value is -5.17. The van der Waals surface area contributed by atoms with Crippen LogP contribution in [0.25, 0.3) is 74.8 Å². The molecular formula is C40H26N2S. The number of thiophene rings is 1. The summed E-state index contributed by atoms with van der Waals surface area (Å²) >= 11 is 1.86. The first-order valence-corrected chi connectivity index (χ1v) is 15.5. The van der Waals surface area contributed by atoms with Gasteiger partial charge in [0.1, 0.15) is 0 Å². The summed E-state index contributed by atoms with van der Waals surface area (Å²) in [6, 6.07) is 43.7. The Morgan fingerprint density at radius 2 is 1.30 bits per heavy atom. The number of aromatic nitrogens is 1. The van der Waals surface area contributed by atoms with E-state index in [0.29, 0.717) is 5.69 Å². The van der Waals surface area contributed by atoms with E-state index in [2.05, 4.69) is 132 Å². The Balaban J connectivity index is 1.33. The molecular weight excluding hydrogens is 541 g/mol. The highest BCUT2D eigenvalue weighted by molar-refractivity contribution is 7.25. The molecule has 0 spiro atoms. The van der Waals surface area contributed by atoms with Crippen LogP contribution in [0.2, 0.25) is 0 Å². The van der Waals surface area contributed by atoms with Crippen molar-refractivity contribution >= 4 is 59.0 Å². The predicted molar refractivity (Wildman–Crippen MR) is 183 cm³/mol. The summed E-state index contributed by atoms with van der Waals surface area (Å²) in [5.74, 6) is 0. The number of para-hydroxylation sites is 2. The van der Waals surface area contributed by atoms with Gasteiger partial charge in [-0.25, -0.2) is 4.85 Å². The van der Waals surface area contributed by atoms with Gasteiger partial charge in [0.05, 0.1) is 17.6 Å². The smallest absolute Gasteiger partial charge is 0.196 e. The molecule has 6 aromatic carbocycles. The minimum Gasteiger partial charge on any atom is -0.310 e. The lowest BCUT2D eigenvalue weighted by Gasteiger charge is -2.21. The first-order chi connectivity index (χ1) is 21.0. The summed E-state index contributed by atoms with van der Waals surface area (Å²) in [6.07, 6.45) is 0. The van der Waals surface area contributed by atoms with Crippen molar-refractivity contribution in [1.82, 2.24) is 4.57 Å². The van der Waals surface area contributed by atoms with Gasteiger partial charge < -0.3 is 4.57 Å². The summed E-state index contributed by atoms with van der Waals surface area (Å²) in [6.45, 7) is 12.8. The molecule has 1 aliphatic carbocycles. The molecule has 2 heterocycles. The van der Waals surface area contributed by atoms with Crippen LogP contribution in [0.5, 0.6) is 0 Å². The fourth-order valence-electron chi connectivity index (χ4n) is 7.41. The van der Waals surface area contributed by atoms with Gasteiger partial charge in [-0.2, -0.15) is 0 Å². The van der Waals surface area contributed by atoms with Crippen molar-refractivity contribution in [1.29, 1.82) is 0 Å². The monoisotopic (exact) mass is 566 g/mol. The average Bonchev–Trinajstić information content (AvgIpc) is 3.65. The van der Waals surface area contributed by atoms with E-state index in [4.69, 9.17) is 6.57 Å². The number of benzene rings is 6. The van der Waals surface area contributed by atoms with Crippen LogP contribution in [0.3, 0.4) is 0 Å². The number of hydrogen-bond donors (Lipinski definition) is 0. The quantitative estimate of drug-likeness (QED) is 0.184. The van der Waals surface area contributed by atoms with Gasteiger partial charge in [-0.3, -0.25) is 0 Å². The molecule has 0 N–H and O–H groups in total. The molecule has 0 saturated heterocycles. The molecule has 3 heteroatoms. The third-order valence-electron chi connectivity index (χ3n) is 9.42. The van der Waals surface area contributed by atoms with Crippen LogP contribution in [0.1, 0.15) is 25.0 Å². The van der Waals surface area contributed by atoms with Crippen molar-refractivity contribution in [2.24, 2.45) is 0 Å². The molecule has 202 valence electrons. The molecule has 9 rings (SSSR count). The van der Waals surface area contributed by atoms with Crippen LogP contribution < -0.4 is 0 Å². The molecule has 0 fully saturated rings. The minimum absolute atomic E-state index is 0.0206. The van der Waals surface area contributed by atoms with Crippen LogP contribution in [0.4, 0.5) is 5.69 Å². The van der Waals surface area contributed by atoms with Crippen LogP contribution in [-0.2, 0) is 5.41 Å². The Labute approximate surface area is 253 Å². The van der Waals surface area contributed by atoms with Gasteiger partial charge in [-0.05, 0) is 70.3 Å². The molecule has 0 aliphatic heterocycles. The Bertz CT molecular complexity index is 2450. The van der Waals surface area contributed by atoms with E-state index in [-0.39, 0.29) is 5.41 Å². The fraction of sp³-hybridized carbons (Fsp3) is 0.0750. The highest BCUT2D eigenvalue weighted by atomic mass is 32.1. The maximum Gasteiger partial charge on any atom is 0.196 e. The molecule has 0 amide bonds. The summed E-state index contributed by atoms with van der Waals surface area (Å²) < 4.78 is 4.91. The summed E-state index contributed by atoms with van der Waals surface area (Å²) in [5.41, 5.74) is 11.5. The molecule has 43 heavy (non-hydrogen) atoms. The van der Waals surface area contributed by atoms with E-state index in [0.717, 1.165) is 27.8 Å². The topological polar surface area (TPSA) is 9.29 Å². The van der Waals surface area contributed by atoms with Crippen molar-refractivity contribution < 1.29 is 0 Å². The van der Waals surface area contributed by atoms with Gasteiger partial charge >= 0.3 is 0 Å². The molecule has 0 bridgehead atoms. The largest absolute Gasteiger partial charge is 0.310 e. The lowest BCUT2D eigenvalue weighted by atomic mass is 9.82. The third kappa shape index (κ3) is 3.27. The van der Waals surface area contributed by atoms with Gasteiger partial charge in [0.15, 0.2) is 5.69 Å². The summed E-state index contributed by atoms with van der Waals surface area (Å²) in [5, 5.41) is 4.96. The van der Waals surface area contributed by atoms with Crippen LogP contribution >= 0.6 is 11.3 Å². The molecule has 1 aliphatic rings. The molecule has 0 saturated carbocycles. The first kappa shape index (κ1) is 24.4. The second kappa shape index (κ2) is 8.67. The van der Waals surface area contributed by atoms with Crippen LogP contribution in [-0.4, -0.2) is 4.57 Å². The second-order valence-corrected chi connectivity index (χ2v) is 13.1. The number of fused-ring (bicyclic) bond motifs is 9. The normalized spacial score (nSPS) is 13.5. The Morgan fingerprint density at radius 1 is 0.605 bits per heavy atom. The first-order valence-electron chi connectivity index (χ1n) is 14.6. The average molecular weight is 567 g/mol. The van der Waals surface area contributed by atoms with E-state index >= 15 is 0 Å². The zero-order chi connectivity index (χ0) is 28.9. The maximum atomic E-state index is 8.15. The van der Waals surface area contributed by atoms with Gasteiger partial charge in [0.2, 0.25) is 0 Å². The number of hydrogen-bond acceptors (Lipinski definition) is 1. The maximum absolute atomic E-state index is 8.15. The lowest BCUT2D eigenvalue weighted by molar-refractivity contribution is 0.661. The number of rotatable bonds is 2. The predicted octanol–water partition coefficient (Wildman–Crippen LogP) is 11.7. The van der Waals surface area contributed by atoms with Crippen molar-refractivity contribution in [2.75, 3.05) is 0 Å². The van der Waals surface area contributed by atoms with Crippen LogP contribution in [0.15, 0.2) is 121 Å². The fourth-order valence-corrected chi connectivity index (χ4v) is 8.52. The van der Waals surface area contributed by atoms with E-state index in [9.17, 15) is 0 Å². The number of nitrogens with zero attached hydrogens (tertiary/aromatic N) is 2. The standard InChI is InChI=1S/C40H26N2S/c1-40(2)31-14-7-4-11-25(31)28-22-30-29-21-24(19-20-37(29)43-38(30)23-32(28)40)39-33(41-3)15-10-18-36(39)42-34-16-8-5-12-26(34)27-13-6-9-17-35(27)42/h4-23H,1-2H3. The van der Waals surface area contributed by atoms with E-state index in [1.165, 1.54) is 53.2 Å². The zero-order valence-electron chi connectivity index (χ0n) is 23.8. The second-order valence-electron chi connectivity index (χ2n) is 12.0. The van der Waals surface area contributed by atoms with E-state index in [1.807, 2.05) is 23.5 Å². The summed E-state index contributed by atoms with van der Waals surface area (Å²) in [7, 11) is 0. The lowest BCUT2D eigenvalue weighted by Crippen LogP contribution is -2.14.